The molecule has 180 valence electrons. The minimum Gasteiger partial charge on any atom is -0.379 e. The molecular weight excluding hydrogens is 482 g/mol. The second-order valence-electron chi connectivity index (χ2n) is 8.54. The summed E-state index contributed by atoms with van der Waals surface area (Å²) in [5.74, 6) is 0.146. The van der Waals surface area contributed by atoms with E-state index in [1.54, 1.807) is 18.2 Å². The van der Waals surface area contributed by atoms with E-state index in [1.807, 2.05) is 56.3 Å². The Hall–Kier alpha value is -3.36. The molecule has 0 spiro atoms. The third kappa shape index (κ3) is 6.01. The Kier molecular flexibility index (Phi) is 7.42. The fourth-order valence-corrected chi connectivity index (χ4v) is 4.93. The van der Waals surface area contributed by atoms with Crippen molar-refractivity contribution < 1.29 is 9.59 Å². The van der Waals surface area contributed by atoms with Gasteiger partial charge in [-0.05, 0) is 61.7 Å². The number of thioether (sulfide) groups is 1. The van der Waals surface area contributed by atoms with E-state index in [0.29, 0.717) is 21.4 Å². The Balaban J connectivity index is 1.67. The number of aromatic nitrogens is 1. The standard InChI is InChI=1S/C26H26ClN5O2S/c1-16(17-6-4-3-5-7-17)30-23(33)18-12-19(26(2)10-11-35-25(28)32-26)14-21(13-18)31-24(34)22-9-8-20(27)15-29-22/h3-9,12-16H,10-11H2,1-2H3,(H2,28,32)(H,30,33)(H,31,34)/t16-,26?/m1/s1. The molecule has 0 fully saturated rings. The molecular formula is C26H26ClN5O2S. The zero-order valence-corrected chi connectivity index (χ0v) is 21.0. The molecule has 1 aliphatic rings. The minimum absolute atomic E-state index is 0.195. The Morgan fingerprint density at radius 3 is 2.57 bits per heavy atom. The number of amides is 2. The monoisotopic (exact) mass is 507 g/mol. The molecule has 1 aliphatic heterocycles. The lowest BCUT2D eigenvalue weighted by molar-refractivity contribution is 0.0938. The minimum atomic E-state index is -0.616. The van der Waals surface area contributed by atoms with Gasteiger partial charge in [0.15, 0.2) is 5.17 Å². The van der Waals surface area contributed by atoms with Gasteiger partial charge in [-0.15, -0.1) is 0 Å². The van der Waals surface area contributed by atoms with Crippen molar-refractivity contribution in [2.45, 2.75) is 31.8 Å². The van der Waals surface area contributed by atoms with Gasteiger partial charge in [0, 0.05) is 23.2 Å². The fraction of sp³-hybridized carbons (Fsp3) is 0.231. The second kappa shape index (κ2) is 10.5. The maximum absolute atomic E-state index is 13.3. The summed E-state index contributed by atoms with van der Waals surface area (Å²) in [6, 6.07) is 18.0. The number of hydrogen-bond donors (Lipinski definition) is 3. The van der Waals surface area contributed by atoms with Crippen LogP contribution in [0, 0.1) is 0 Å². The first kappa shape index (κ1) is 24.8. The maximum atomic E-state index is 13.3. The van der Waals surface area contributed by atoms with Crippen LogP contribution >= 0.6 is 23.4 Å². The van der Waals surface area contributed by atoms with Crippen LogP contribution in [0.2, 0.25) is 5.02 Å². The van der Waals surface area contributed by atoms with Crippen molar-refractivity contribution in [2.75, 3.05) is 11.1 Å². The molecule has 0 radical (unpaired) electrons. The van der Waals surface area contributed by atoms with Gasteiger partial charge in [-0.25, -0.2) is 4.98 Å². The highest BCUT2D eigenvalue weighted by molar-refractivity contribution is 8.13. The van der Waals surface area contributed by atoms with E-state index in [4.69, 9.17) is 17.3 Å². The first-order chi connectivity index (χ1) is 16.7. The van der Waals surface area contributed by atoms with Crippen molar-refractivity contribution in [3.63, 3.8) is 0 Å². The lowest BCUT2D eigenvalue weighted by Gasteiger charge is -2.30. The highest BCUT2D eigenvalue weighted by atomic mass is 35.5. The maximum Gasteiger partial charge on any atom is 0.274 e. The van der Waals surface area contributed by atoms with Crippen LogP contribution in [0.5, 0.6) is 0 Å². The number of carbonyl (C=O) groups excluding carboxylic acids is 2. The SMILES string of the molecule is C[C@@H](NC(=O)c1cc(NC(=O)c2ccc(Cl)cn2)cc(C2(C)CCSC(N)=N2)c1)c1ccccc1. The van der Waals surface area contributed by atoms with Crippen molar-refractivity contribution in [1.29, 1.82) is 0 Å². The van der Waals surface area contributed by atoms with Gasteiger partial charge < -0.3 is 16.4 Å². The van der Waals surface area contributed by atoms with Crippen molar-refractivity contribution in [3.05, 3.63) is 94.3 Å². The average molecular weight is 508 g/mol. The van der Waals surface area contributed by atoms with E-state index in [-0.39, 0.29) is 17.6 Å². The van der Waals surface area contributed by atoms with E-state index in [1.165, 1.54) is 18.0 Å². The van der Waals surface area contributed by atoms with Crippen LogP contribution in [-0.4, -0.2) is 27.7 Å². The van der Waals surface area contributed by atoms with E-state index < -0.39 is 11.4 Å². The van der Waals surface area contributed by atoms with E-state index in [2.05, 4.69) is 20.6 Å². The highest BCUT2D eigenvalue weighted by Crippen LogP contribution is 2.37. The Morgan fingerprint density at radius 2 is 1.89 bits per heavy atom. The average Bonchev–Trinajstić information content (AvgIpc) is 2.84. The molecule has 2 atom stereocenters. The zero-order valence-electron chi connectivity index (χ0n) is 19.4. The fourth-order valence-electron chi connectivity index (χ4n) is 3.85. The molecule has 0 aliphatic carbocycles. The largest absolute Gasteiger partial charge is 0.379 e. The van der Waals surface area contributed by atoms with Crippen LogP contribution in [0.1, 0.15) is 58.3 Å². The number of hydrogen-bond acceptors (Lipinski definition) is 6. The summed E-state index contributed by atoms with van der Waals surface area (Å²) in [6.45, 7) is 3.91. The van der Waals surface area contributed by atoms with Crippen molar-refractivity contribution >= 4 is 46.0 Å². The first-order valence-electron chi connectivity index (χ1n) is 11.2. The van der Waals surface area contributed by atoms with Gasteiger partial charge in [-0.3, -0.25) is 14.6 Å². The molecule has 4 rings (SSSR count). The van der Waals surface area contributed by atoms with E-state index in [9.17, 15) is 9.59 Å². The number of amidine groups is 1. The summed E-state index contributed by atoms with van der Waals surface area (Å²) < 4.78 is 0. The van der Waals surface area contributed by atoms with Crippen molar-refractivity contribution in [2.24, 2.45) is 10.7 Å². The number of carbonyl (C=O) groups is 2. The van der Waals surface area contributed by atoms with Crippen LogP contribution in [0.25, 0.3) is 0 Å². The molecule has 1 aromatic heterocycles. The molecule has 0 saturated carbocycles. The molecule has 3 aromatic rings. The normalized spacial score (nSPS) is 18.3. The summed E-state index contributed by atoms with van der Waals surface area (Å²) in [5.41, 5.74) is 8.29. The van der Waals surface area contributed by atoms with Gasteiger partial charge in [-0.1, -0.05) is 53.7 Å². The van der Waals surface area contributed by atoms with Crippen LogP contribution in [0.4, 0.5) is 5.69 Å². The summed E-state index contributed by atoms with van der Waals surface area (Å²) in [4.78, 5) is 34.8. The van der Waals surface area contributed by atoms with Crippen LogP contribution in [0.3, 0.4) is 0 Å². The highest BCUT2D eigenvalue weighted by Gasteiger charge is 2.31. The van der Waals surface area contributed by atoms with Gasteiger partial charge in [0.1, 0.15) is 5.69 Å². The molecule has 9 heteroatoms. The number of rotatable bonds is 6. The predicted octanol–water partition coefficient (Wildman–Crippen LogP) is 5.15. The smallest absolute Gasteiger partial charge is 0.274 e. The lowest BCUT2D eigenvalue weighted by Crippen LogP contribution is -2.30. The third-order valence-corrected chi connectivity index (χ3v) is 6.90. The number of benzene rings is 2. The topological polar surface area (TPSA) is 109 Å². The molecule has 4 N–H and O–H groups in total. The quantitative estimate of drug-likeness (QED) is 0.427. The molecule has 35 heavy (non-hydrogen) atoms. The van der Waals surface area contributed by atoms with Gasteiger partial charge in [0.25, 0.3) is 11.8 Å². The summed E-state index contributed by atoms with van der Waals surface area (Å²) in [5, 5.41) is 6.84. The van der Waals surface area contributed by atoms with Crippen LogP contribution in [0.15, 0.2) is 71.9 Å². The van der Waals surface area contributed by atoms with Gasteiger partial charge in [-0.2, -0.15) is 0 Å². The van der Waals surface area contributed by atoms with Crippen LogP contribution in [-0.2, 0) is 5.54 Å². The molecule has 1 unspecified atom stereocenters. The van der Waals surface area contributed by atoms with E-state index in [0.717, 1.165) is 23.3 Å². The number of anilines is 1. The summed E-state index contributed by atoms with van der Waals surface area (Å²) in [6.07, 6.45) is 2.16. The van der Waals surface area contributed by atoms with E-state index >= 15 is 0 Å². The Bertz CT molecular complexity index is 1270. The summed E-state index contributed by atoms with van der Waals surface area (Å²) >= 11 is 7.39. The molecule has 2 heterocycles. The van der Waals surface area contributed by atoms with Crippen molar-refractivity contribution in [3.8, 4) is 0 Å². The number of nitrogens with two attached hydrogens (primary N) is 1. The molecule has 2 amide bonds. The summed E-state index contributed by atoms with van der Waals surface area (Å²) in [7, 11) is 0. The number of nitrogens with one attached hydrogen (secondary N) is 2. The predicted molar refractivity (Wildman–Crippen MR) is 142 cm³/mol. The molecule has 0 saturated heterocycles. The van der Waals surface area contributed by atoms with Gasteiger partial charge in [0.2, 0.25) is 0 Å². The van der Waals surface area contributed by atoms with Gasteiger partial charge >= 0.3 is 0 Å². The Labute approximate surface area is 213 Å². The molecule has 7 nitrogen and oxygen atoms in total. The third-order valence-electron chi connectivity index (χ3n) is 5.88. The van der Waals surface area contributed by atoms with Gasteiger partial charge in [0.05, 0.1) is 16.6 Å². The van der Waals surface area contributed by atoms with Crippen LogP contribution < -0.4 is 16.4 Å². The number of halogens is 1. The Morgan fingerprint density at radius 1 is 1.11 bits per heavy atom. The number of nitrogens with zero attached hydrogens (tertiary/aromatic N) is 2. The number of pyridine rings is 1. The molecule has 0 bridgehead atoms. The zero-order chi connectivity index (χ0) is 25.0. The van der Waals surface area contributed by atoms with Crippen molar-refractivity contribution in [1.82, 2.24) is 10.3 Å². The molecule has 2 aromatic carbocycles. The number of aliphatic imine (C=N–C) groups is 1. The first-order valence-corrected chi connectivity index (χ1v) is 12.5. The lowest BCUT2D eigenvalue weighted by atomic mass is 9.88. The second-order valence-corrected chi connectivity index (χ2v) is 10.1.